The highest BCUT2D eigenvalue weighted by molar-refractivity contribution is 5.96. The van der Waals surface area contributed by atoms with Gasteiger partial charge >= 0.3 is 0 Å². The molecule has 0 saturated heterocycles. The van der Waals surface area contributed by atoms with Crippen LogP contribution >= 0.6 is 0 Å². The summed E-state index contributed by atoms with van der Waals surface area (Å²) >= 11 is 0. The number of rotatable bonds is 6. The number of nitrogens with one attached hydrogen (secondary N) is 3. The van der Waals surface area contributed by atoms with E-state index in [0.717, 1.165) is 0 Å². The van der Waals surface area contributed by atoms with Crippen molar-refractivity contribution in [2.75, 3.05) is 18.4 Å². The second kappa shape index (κ2) is 7.74. The van der Waals surface area contributed by atoms with Crippen LogP contribution in [0, 0.1) is 5.82 Å². The molecule has 0 radical (unpaired) electrons. The lowest BCUT2D eigenvalue weighted by Crippen LogP contribution is -2.40. The maximum absolute atomic E-state index is 12.7. The highest BCUT2D eigenvalue weighted by Gasteiger charge is 2.11. The largest absolute Gasteiger partial charge is 0.459 e. The minimum Gasteiger partial charge on any atom is -0.459 e. The average molecular weight is 319 g/mol. The standard InChI is InChI=1S/C15H14FN3O4/c16-10-3-5-11(6-4-10)19-14(21)9-17-13(20)8-18-15(22)12-2-1-7-23-12/h1-7H,8-9H2,(H,17,20)(H,18,22)(H,19,21). The third kappa shape index (κ3) is 5.27. The van der Waals surface area contributed by atoms with Crippen LogP contribution in [0.5, 0.6) is 0 Å². The highest BCUT2D eigenvalue weighted by Crippen LogP contribution is 2.07. The molecule has 3 amide bonds. The van der Waals surface area contributed by atoms with Gasteiger partial charge in [-0.25, -0.2) is 4.39 Å². The van der Waals surface area contributed by atoms with Crippen LogP contribution in [0.1, 0.15) is 10.6 Å². The van der Waals surface area contributed by atoms with Crippen LogP contribution in [0.2, 0.25) is 0 Å². The summed E-state index contributed by atoms with van der Waals surface area (Å²) in [6.45, 7) is -0.559. The summed E-state index contributed by atoms with van der Waals surface area (Å²) in [5, 5.41) is 7.18. The molecule has 0 saturated carbocycles. The SMILES string of the molecule is O=C(CNC(=O)c1ccco1)NCC(=O)Nc1ccc(F)cc1. The van der Waals surface area contributed by atoms with E-state index >= 15 is 0 Å². The fourth-order valence-corrected chi connectivity index (χ4v) is 1.64. The van der Waals surface area contributed by atoms with E-state index < -0.39 is 23.5 Å². The number of hydrogen-bond donors (Lipinski definition) is 3. The first-order valence-electron chi connectivity index (χ1n) is 6.68. The van der Waals surface area contributed by atoms with Crippen LogP contribution in [0.25, 0.3) is 0 Å². The van der Waals surface area contributed by atoms with Crippen LogP contribution in [0.4, 0.5) is 10.1 Å². The Labute approximate surface area is 130 Å². The summed E-state index contributed by atoms with van der Waals surface area (Å²) in [5.41, 5.74) is 0.414. The van der Waals surface area contributed by atoms with E-state index in [1.165, 1.54) is 36.6 Å². The van der Waals surface area contributed by atoms with Crippen molar-refractivity contribution in [3.63, 3.8) is 0 Å². The Morgan fingerprint density at radius 3 is 2.30 bits per heavy atom. The molecule has 2 rings (SSSR count). The van der Waals surface area contributed by atoms with Gasteiger partial charge in [-0.1, -0.05) is 0 Å². The van der Waals surface area contributed by atoms with Crippen LogP contribution < -0.4 is 16.0 Å². The van der Waals surface area contributed by atoms with Gasteiger partial charge in [0.25, 0.3) is 5.91 Å². The first-order chi connectivity index (χ1) is 11.0. The van der Waals surface area contributed by atoms with Crippen molar-refractivity contribution in [3.8, 4) is 0 Å². The molecule has 3 N–H and O–H groups in total. The molecule has 0 aliphatic carbocycles. The van der Waals surface area contributed by atoms with E-state index in [0.29, 0.717) is 5.69 Å². The van der Waals surface area contributed by atoms with Gasteiger partial charge in [0.1, 0.15) is 5.82 Å². The molecular formula is C15H14FN3O4. The van der Waals surface area contributed by atoms with Crippen molar-refractivity contribution >= 4 is 23.4 Å². The van der Waals surface area contributed by atoms with E-state index in [1.54, 1.807) is 6.07 Å². The van der Waals surface area contributed by atoms with E-state index in [4.69, 9.17) is 4.42 Å². The van der Waals surface area contributed by atoms with Gasteiger partial charge in [0, 0.05) is 5.69 Å². The zero-order chi connectivity index (χ0) is 16.7. The molecular weight excluding hydrogens is 305 g/mol. The summed E-state index contributed by atoms with van der Waals surface area (Å²) in [6, 6.07) is 8.23. The predicted molar refractivity (Wildman–Crippen MR) is 79.1 cm³/mol. The van der Waals surface area contributed by atoms with Crippen LogP contribution in [0.3, 0.4) is 0 Å². The number of amides is 3. The molecule has 0 atom stereocenters. The number of carbonyl (C=O) groups is 3. The van der Waals surface area contributed by atoms with E-state index in [1.807, 2.05) is 0 Å². The second-order valence-corrected chi connectivity index (χ2v) is 4.49. The molecule has 1 aromatic carbocycles. The number of carbonyl (C=O) groups excluding carboxylic acids is 3. The van der Waals surface area contributed by atoms with Gasteiger partial charge in [-0.15, -0.1) is 0 Å². The summed E-state index contributed by atoms with van der Waals surface area (Å²) in [7, 11) is 0. The van der Waals surface area contributed by atoms with Crippen LogP contribution in [0.15, 0.2) is 47.1 Å². The van der Waals surface area contributed by atoms with Crippen molar-refractivity contribution in [2.24, 2.45) is 0 Å². The fourth-order valence-electron chi connectivity index (χ4n) is 1.64. The Hall–Kier alpha value is -3.16. The van der Waals surface area contributed by atoms with Crippen LogP contribution in [-0.2, 0) is 9.59 Å². The lowest BCUT2D eigenvalue weighted by atomic mass is 10.3. The molecule has 0 unspecified atom stereocenters. The Morgan fingerprint density at radius 1 is 0.957 bits per heavy atom. The maximum atomic E-state index is 12.7. The average Bonchev–Trinajstić information content (AvgIpc) is 3.07. The van der Waals surface area contributed by atoms with Gasteiger partial charge in [0.2, 0.25) is 11.8 Å². The Kier molecular flexibility index (Phi) is 5.45. The topological polar surface area (TPSA) is 100 Å². The van der Waals surface area contributed by atoms with Gasteiger partial charge in [-0.2, -0.15) is 0 Å². The molecule has 120 valence electrons. The molecule has 1 aromatic heterocycles. The first-order valence-corrected chi connectivity index (χ1v) is 6.68. The molecule has 2 aromatic rings. The zero-order valence-electron chi connectivity index (χ0n) is 12.0. The molecule has 0 spiro atoms. The monoisotopic (exact) mass is 319 g/mol. The van der Waals surface area contributed by atoms with Crippen molar-refractivity contribution in [1.82, 2.24) is 10.6 Å². The molecule has 1 heterocycles. The number of halogens is 1. The van der Waals surface area contributed by atoms with Gasteiger partial charge < -0.3 is 20.4 Å². The molecule has 7 nitrogen and oxygen atoms in total. The number of benzene rings is 1. The number of furan rings is 1. The van der Waals surface area contributed by atoms with Crippen molar-refractivity contribution < 1.29 is 23.2 Å². The Balaban J connectivity index is 1.68. The molecule has 0 aliphatic rings. The minimum atomic E-state index is -0.529. The van der Waals surface area contributed by atoms with E-state index in [9.17, 15) is 18.8 Å². The lowest BCUT2D eigenvalue weighted by molar-refractivity contribution is -0.123. The van der Waals surface area contributed by atoms with Crippen LogP contribution in [-0.4, -0.2) is 30.8 Å². The Bertz CT molecular complexity index is 683. The second-order valence-electron chi connectivity index (χ2n) is 4.49. The molecule has 0 fully saturated rings. The van der Waals surface area contributed by atoms with E-state index in [2.05, 4.69) is 16.0 Å². The quantitative estimate of drug-likeness (QED) is 0.736. The Morgan fingerprint density at radius 2 is 1.65 bits per heavy atom. The third-order valence-corrected chi connectivity index (χ3v) is 2.73. The van der Waals surface area contributed by atoms with Gasteiger partial charge in [-0.3, -0.25) is 14.4 Å². The van der Waals surface area contributed by atoms with Crippen molar-refractivity contribution in [1.29, 1.82) is 0 Å². The first kappa shape index (κ1) is 16.2. The van der Waals surface area contributed by atoms with Gasteiger partial charge in [0.15, 0.2) is 5.76 Å². The lowest BCUT2D eigenvalue weighted by Gasteiger charge is -2.07. The zero-order valence-corrected chi connectivity index (χ0v) is 12.0. The number of anilines is 1. The smallest absolute Gasteiger partial charge is 0.287 e. The molecule has 8 heteroatoms. The van der Waals surface area contributed by atoms with E-state index in [-0.39, 0.29) is 18.8 Å². The predicted octanol–water partition coefficient (Wildman–Crippen LogP) is 0.903. The van der Waals surface area contributed by atoms with Gasteiger partial charge in [0.05, 0.1) is 19.4 Å². The minimum absolute atomic E-state index is 0.0897. The summed E-state index contributed by atoms with van der Waals surface area (Å²) < 4.78 is 17.6. The molecule has 23 heavy (non-hydrogen) atoms. The summed E-state index contributed by atoms with van der Waals surface area (Å²) in [4.78, 5) is 34.7. The summed E-state index contributed by atoms with van der Waals surface area (Å²) in [5.74, 6) is -1.85. The van der Waals surface area contributed by atoms with Crippen molar-refractivity contribution in [2.45, 2.75) is 0 Å². The summed E-state index contributed by atoms with van der Waals surface area (Å²) in [6.07, 6.45) is 1.34. The molecule has 0 bridgehead atoms. The normalized spacial score (nSPS) is 9.96. The number of hydrogen-bond acceptors (Lipinski definition) is 4. The van der Waals surface area contributed by atoms with Crippen molar-refractivity contribution in [3.05, 3.63) is 54.2 Å². The fraction of sp³-hybridized carbons (Fsp3) is 0.133. The highest BCUT2D eigenvalue weighted by atomic mass is 19.1. The third-order valence-electron chi connectivity index (χ3n) is 2.73. The maximum Gasteiger partial charge on any atom is 0.287 e. The van der Waals surface area contributed by atoms with Gasteiger partial charge in [-0.05, 0) is 36.4 Å². The molecule has 0 aliphatic heterocycles.